The molecule has 2 N–H and O–H groups in total. The second kappa shape index (κ2) is 9.06. The number of nitrogens with zero attached hydrogens (tertiary/aromatic N) is 1. The van der Waals surface area contributed by atoms with Crippen molar-refractivity contribution in [3.05, 3.63) is 87.5 Å². The van der Waals surface area contributed by atoms with Gasteiger partial charge in [0.05, 0.1) is 22.6 Å². The van der Waals surface area contributed by atoms with Crippen LogP contribution in [-0.2, 0) is 10.0 Å². The van der Waals surface area contributed by atoms with Crippen molar-refractivity contribution in [2.24, 2.45) is 0 Å². The zero-order chi connectivity index (χ0) is 23.5. The van der Waals surface area contributed by atoms with E-state index in [0.717, 1.165) is 5.56 Å². The molecule has 10 heteroatoms. The van der Waals surface area contributed by atoms with Gasteiger partial charge in [-0.2, -0.15) is 0 Å². The zero-order valence-electron chi connectivity index (χ0n) is 17.6. The van der Waals surface area contributed by atoms with E-state index in [1.165, 1.54) is 56.5 Å². The summed E-state index contributed by atoms with van der Waals surface area (Å²) >= 11 is 0. The minimum Gasteiger partial charge on any atom is -0.495 e. The Labute approximate surface area is 185 Å². The quantitative estimate of drug-likeness (QED) is 0.404. The summed E-state index contributed by atoms with van der Waals surface area (Å²) in [5.41, 5.74) is 1.75. The monoisotopic (exact) mass is 455 g/mol. The lowest BCUT2D eigenvalue weighted by molar-refractivity contribution is -0.385. The number of carbonyl (C=O) groups is 1. The Balaban J connectivity index is 1.79. The molecule has 0 bridgehead atoms. The van der Waals surface area contributed by atoms with Gasteiger partial charge in [-0.3, -0.25) is 19.6 Å². The van der Waals surface area contributed by atoms with Crippen LogP contribution >= 0.6 is 0 Å². The third-order valence-corrected chi connectivity index (χ3v) is 6.15. The molecule has 3 rings (SSSR count). The first-order valence-electron chi connectivity index (χ1n) is 9.45. The minimum absolute atomic E-state index is 0.00872. The molecule has 0 aromatic heterocycles. The van der Waals surface area contributed by atoms with Crippen molar-refractivity contribution in [2.75, 3.05) is 17.1 Å². The van der Waals surface area contributed by atoms with Crippen LogP contribution in [0.15, 0.2) is 65.6 Å². The number of aryl methyl sites for hydroxylation is 1. The highest BCUT2D eigenvalue weighted by molar-refractivity contribution is 7.92. The molecule has 0 radical (unpaired) electrons. The average molecular weight is 455 g/mol. The number of nitrogens with one attached hydrogen (secondary N) is 2. The highest BCUT2D eigenvalue weighted by Gasteiger charge is 2.19. The lowest BCUT2D eigenvalue weighted by Crippen LogP contribution is -2.15. The third kappa shape index (κ3) is 4.86. The fourth-order valence-electron chi connectivity index (χ4n) is 3.09. The summed E-state index contributed by atoms with van der Waals surface area (Å²) in [6.45, 7) is 3.33. The van der Waals surface area contributed by atoms with E-state index in [2.05, 4.69) is 10.0 Å². The van der Waals surface area contributed by atoms with Crippen LogP contribution in [-0.4, -0.2) is 26.4 Å². The molecule has 166 valence electrons. The van der Waals surface area contributed by atoms with Crippen LogP contribution < -0.4 is 14.8 Å². The highest BCUT2D eigenvalue weighted by atomic mass is 32.2. The molecular weight excluding hydrogens is 434 g/mol. The van der Waals surface area contributed by atoms with E-state index in [4.69, 9.17) is 4.74 Å². The minimum atomic E-state index is -3.90. The number of amides is 1. The number of hydrogen-bond donors (Lipinski definition) is 2. The van der Waals surface area contributed by atoms with E-state index >= 15 is 0 Å². The van der Waals surface area contributed by atoms with Crippen molar-refractivity contribution in [2.45, 2.75) is 18.7 Å². The fourth-order valence-corrected chi connectivity index (χ4v) is 4.15. The van der Waals surface area contributed by atoms with Gasteiger partial charge in [-0.15, -0.1) is 0 Å². The van der Waals surface area contributed by atoms with Crippen LogP contribution in [0.4, 0.5) is 17.1 Å². The molecule has 0 saturated carbocycles. The predicted molar refractivity (Wildman–Crippen MR) is 121 cm³/mol. The molecule has 0 unspecified atom stereocenters. The standard InChI is InChI=1S/C22H21N3O6S/c1-14-7-12-21(31-3)19(13-14)24-32(29,30)17-10-8-16(9-11-17)23-22(26)18-5-4-6-20(15(18)2)25(27)28/h4-13,24H,1-3H3,(H,23,26). The van der Waals surface area contributed by atoms with E-state index < -0.39 is 20.9 Å². The van der Waals surface area contributed by atoms with Gasteiger partial charge in [0.1, 0.15) is 5.75 Å². The molecule has 32 heavy (non-hydrogen) atoms. The molecule has 0 aliphatic rings. The Kier molecular flexibility index (Phi) is 6.45. The van der Waals surface area contributed by atoms with Crippen molar-refractivity contribution in [3.63, 3.8) is 0 Å². The topological polar surface area (TPSA) is 128 Å². The van der Waals surface area contributed by atoms with Gasteiger partial charge in [-0.05, 0) is 61.9 Å². The second-order valence-electron chi connectivity index (χ2n) is 6.99. The molecule has 1 amide bonds. The molecule has 0 heterocycles. The van der Waals surface area contributed by atoms with Gasteiger partial charge < -0.3 is 10.1 Å². The van der Waals surface area contributed by atoms with Crippen LogP contribution in [0.25, 0.3) is 0 Å². The van der Waals surface area contributed by atoms with Gasteiger partial charge in [0.15, 0.2) is 0 Å². The maximum atomic E-state index is 12.8. The van der Waals surface area contributed by atoms with Crippen molar-refractivity contribution in [1.29, 1.82) is 0 Å². The first-order valence-corrected chi connectivity index (χ1v) is 10.9. The summed E-state index contributed by atoms with van der Waals surface area (Å²) in [6, 6.07) is 14.9. The summed E-state index contributed by atoms with van der Waals surface area (Å²) in [7, 11) is -2.45. The lowest BCUT2D eigenvalue weighted by Gasteiger charge is -2.13. The van der Waals surface area contributed by atoms with Crippen LogP contribution in [0.5, 0.6) is 5.75 Å². The molecule has 0 aliphatic carbocycles. The molecule has 3 aromatic carbocycles. The van der Waals surface area contributed by atoms with Crippen LogP contribution in [0.1, 0.15) is 21.5 Å². The van der Waals surface area contributed by atoms with Gasteiger partial charge >= 0.3 is 0 Å². The SMILES string of the molecule is COc1ccc(C)cc1NS(=O)(=O)c1ccc(NC(=O)c2cccc([N+](=O)[O-])c2C)cc1. The maximum absolute atomic E-state index is 12.8. The molecule has 3 aromatic rings. The Morgan fingerprint density at radius 1 is 1.03 bits per heavy atom. The average Bonchev–Trinajstić information content (AvgIpc) is 2.74. The summed E-state index contributed by atoms with van der Waals surface area (Å²) in [5.74, 6) is -0.153. The summed E-state index contributed by atoms with van der Waals surface area (Å²) in [4.78, 5) is 23.1. The summed E-state index contributed by atoms with van der Waals surface area (Å²) in [5, 5.41) is 13.7. The number of ether oxygens (including phenoxy) is 1. The van der Waals surface area contributed by atoms with Crippen LogP contribution in [0, 0.1) is 24.0 Å². The molecule has 0 fully saturated rings. The van der Waals surface area contributed by atoms with Crippen LogP contribution in [0.2, 0.25) is 0 Å². The second-order valence-corrected chi connectivity index (χ2v) is 8.68. The third-order valence-electron chi connectivity index (χ3n) is 4.77. The van der Waals surface area contributed by atoms with Crippen molar-refractivity contribution < 1.29 is 22.9 Å². The number of rotatable bonds is 7. The molecule has 0 atom stereocenters. The van der Waals surface area contributed by atoms with E-state index in [1.54, 1.807) is 18.2 Å². The molecule has 0 aliphatic heterocycles. The predicted octanol–water partition coefficient (Wildman–Crippen LogP) is 4.27. The van der Waals surface area contributed by atoms with Gasteiger partial charge in [0, 0.05) is 22.9 Å². The Bertz CT molecular complexity index is 1290. The van der Waals surface area contributed by atoms with Crippen LogP contribution in [0.3, 0.4) is 0 Å². The fraction of sp³-hybridized carbons (Fsp3) is 0.136. The van der Waals surface area contributed by atoms with Gasteiger partial charge in [0.2, 0.25) is 0 Å². The summed E-state index contributed by atoms with van der Waals surface area (Å²) < 4.78 is 33.2. The Morgan fingerprint density at radius 3 is 2.34 bits per heavy atom. The van der Waals surface area contributed by atoms with Gasteiger partial charge in [0.25, 0.3) is 21.6 Å². The van der Waals surface area contributed by atoms with Gasteiger partial charge in [-0.25, -0.2) is 8.42 Å². The summed E-state index contributed by atoms with van der Waals surface area (Å²) in [6.07, 6.45) is 0. The number of methoxy groups -OCH3 is 1. The number of benzene rings is 3. The number of nitro benzene ring substituents is 1. The lowest BCUT2D eigenvalue weighted by atomic mass is 10.1. The van der Waals surface area contributed by atoms with Crippen molar-refractivity contribution >= 4 is 33.0 Å². The maximum Gasteiger partial charge on any atom is 0.273 e. The molecule has 9 nitrogen and oxygen atoms in total. The number of nitro groups is 1. The number of sulfonamides is 1. The molecular formula is C22H21N3O6S. The zero-order valence-corrected chi connectivity index (χ0v) is 18.4. The molecule has 0 saturated heterocycles. The first kappa shape index (κ1) is 22.8. The molecule has 0 spiro atoms. The normalized spacial score (nSPS) is 11.0. The highest BCUT2D eigenvalue weighted by Crippen LogP contribution is 2.28. The number of carbonyl (C=O) groups excluding carboxylic acids is 1. The number of anilines is 2. The number of hydrogen-bond acceptors (Lipinski definition) is 6. The largest absolute Gasteiger partial charge is 0.495 e. The van der Waals surface area contributed by atoms with Crippen molar-refractivity contribution in [3.8, 4) is 5.75 Å². The van der Waals surface area contributed by atoms with Gasteiger partial charge in [-0.1, -0.05) is 12.1 Å². The smallest absolute Gasteiger partial charge is 0.273 e. The van der Waals surface area contributed by atoms with E-state index in [9.17, 15) is 23.3 Å². The van der Waals surface area contributed by atoms with E-state index in [1.807, 2.05) is 6.92 Å². The Hall–Kier alpha value is -3.92. The first-order chi connectivity index (χ1) is 15.1. The van der Waals surface area contributed by atoms with E-state index in [-0.39, 0.29) is 21.7 Å². The van der Waals surface area contributed by atoms with Crippen molar-refractivity contribution in [1.82, 2.24) is 0 Å². The van der Waals surface area contributed by atoms with E-state index in [0.29, 0.717) is 17.1 Å². The Morgan fingerprint density at radius 2 is 1.72 bits per heavy atom.